The maximum atomic E-state index is 6.01. The van der Waals surface area contributed by atoms with E-state index in [1.54, 1.807) is 5.06 Å². The summed E-state index contributed by atoms with van der Waals surface area (Å²) in [6.45, 7) is 2.11. The van der Waals surface area contributed by atoms with Gasteiger partial charge in [0.15, 0.2) is 5.66 Å². The first-order valence-corrected chi connectivity index (χ1v) is 8.98. The highest BCUT2D eigenvalue weighted by molar-refractivity contribution is 9.10. The van der Waals surface area contributed by atoms with Crippen LogP contribution in [0.1, 0.15) is 19.3 Å². The van der Waals surface area contributed by atoms with Crippen molar-refractivity contribution in [1.29, 1.82) is 0 Å². The van der Waals surface area contributed by atoms with Crippen LogP contribution in [0, 0.1) is 0 Å². The van der Waals surface area contributed by atoms with Crippen LogP contribution < -0.4 is 16.2 Å². The third-order valence-electron chi connectivity index (χ3n) is 4.03. The third kappa shape index (κ3) is 4.87. The van der Waals surface area contributed by atoms with Gasteiger partial charge < -0.3 is 20.9 Å². The van der Waals surface area contributed by atoms with E-state index in [-0.39, 0.29) is 28.9 Å². The van der Waals surface area contributed by atoms with E-state index in [1.807, 2.05) is 24.3 Å². The number of ether oxygens (including phenoxy) is 2. The van der Waals surface area contributed by atoms with Crippen LogP contribution >= 0.6 is 32.9 Å². The van der Waals surface area contributed by atoms with Gasteiger partial charge in [0.2, 0.25) is 11.9 Å². The van der Waals surface area contributed by atoms with Gasteiger partial charge in [-0.05, 0) is 28.1 Å². The van der Waals surface area contributed by atoms with Crippen molar-refractivity contribution in [2.24, 2.45) is 21.5 Å². The Kier molecular flexibility index (Phi) is 7.69. The zero-order chi connectivity index (χ0) is 17.7. The molecule has 0 radical (unpaired) electrons. The van der Waals surface area contributed by atoms with Crippen LogP contribution in [0.4, 0.5) is 0 Å². The van der Waals surface area contributed by atoms with E-state index < -0.39 is 5.66 Å². The summed E-state index contributed by atoms with van der Waals surface area (Å²) in [5.74, 6) is 1.21. The molecule has 1 saturated heterocycles. The number of para-hydroxylation sites is 1. The number of aliphatic imine (C=N–C) groups is 2. The summed E-state index contributed by atoms with van der Waals surface area (Å²) in [5.41, 5.74) is 11.2. The highest BCUT2D eigenvalue weighted by Gasteiger charge is 2.43. The Balaban J connectivity index is 0.00000243. The molecule has 8 nitrogen and oxygen atoms in total. The fourth-order valence-corrected chi connectivity index (χ4v) is 3.22. The van der Waals surface area contributed by atoms with E-state index in [9.17, 15) is 0 Å². The minimum absolute atomic E-state index is 0. The van der Waals surface area contributed by atoms with Gasteiger partial charge >= 0.3 is 0 Å². The predicted molar refractivity (Wildman–Crippen MR) is 108 cm³/mol. The van der Waals surface area contributed by atoms with Crippen molar-refractivity contribution >= 4 is 44.8 Å². The van der Waals surface area contributed by atoms with Crippen LogP contribution in [0.3, 0.4) is 0 Å². The molecule has 0 aliphatic carbocycles. The van der Waals surface area contributed by atoms with E-state index >= 15 is 0 Å². The largest absolute Gasteiger partial charge is 0.492 e. The number of rotatable bonds is 6. The van der Waals surface area contributed by atoms with Gasteiger partial charge in [-0.2, -0.15) is 10.1 Å². The second-order valence-corrected chi connectivity index (χ2v) is 6.65. The maximum absolute atomic E-state index is 6.01. The fraction of sp³-hybridized carbons (Fsp3) is 0.500. The Morgan fingerprint density at radius 1 is 1.19 bits per heavy atom. The first kappa shape index (κ1) is 20.9. The molecule has 0 amide bonds. The second kappa shape index (κ2) is 9.54. The second-order valence-electron chi connectivity index (χ2n) is 5.79. The van der Waals surface area contributed by atoms with Crippen molar-refractivity contribution in [1.82, 2.24) is 5.06 Å². The van der Waals surface area contributed by atoms with Gasteiger partial charge in [-0.25, -0.2) is 4.99 Å². The van der Waals surface area contributed by atoms with Gasteiger partial charge in [0.25, 0.3) is 0 Å². The third-order valence-corrected chi connectivity index (χ3v) is 4.69. The lowest BCUT2D eigenvalue weighted by molar-refractivity contribution is -0.190. The van der Waals surface area contributed by atoms with Gasteiger partial charge in [0.05, 0.1) is 30.9 Å². The molecule has 0 atom stereocenters. The maximum Gasteiger partial charge on any atom is 0.226 e. The molecule has 144 valence electrons. The summed E-state index contributed by atoms with van der Waals surface area (Å²) in [4.78, 5) is 14.4. The lowest BCUT2D eigenvalue weighted by Gasteiger charge is -2.43. The summed E-state index contributed by atoms with van der Waals surface area (Å²) in [7, 11) is 0. The van der Waals surface area contributed by atoms with E-state index in [4.69, 9.17) is 25.8 Å². The minimum atomic E-state index is -0.627. The van der Waals surface area contributed by atoms with Crippen molar-refractivity contribution in [2.75, 3.05) is 26.4 Å². The molecule has 3 rings (SSSR count). The smallest absolute Gasteiger partial charge is 0.226 e. The lowest BCUT2D eigenvalue weighted by Crippen LogP contribution is -2.59. The van der Waals surface area contributed by atoms with Crippen LogP contribution in [0.2, 0.25) is 0 Å². The zero-order valence-electron chi connectivity index (χ0n) is 14.3. The van der Waals surface area contributed by atoms with Crippen LogP contribution in [0.15, 0.2) is 38.7 Å². The highest BCUT2D eigenvalue weighted by atomic mass is 79.9. The van der Waals surface area contributed by atoms with Crippen LogP contribution in [-0.2, 0) is 9.57 Å². The van der Waals surface area contributed by atoms with Gasteiger partial charge in [-0.1, -0.05) is 12.1 Å². The summed E-state index contributed by atoms with van der Waals surface area (Å²) >= 11 is 3.45. The predicted octanol–water partition coefficient (Wildman–Crippen LogP) is 2.18. The van der Waals surface area contributed by atoms with Crippen molar-refractivity contribution in [2.45, 2.75) is 24.9 Å². The number of nitrogens with two attached hydrogens (primary N) is 2. The molecule has 0 aromatic heterocycles. The molecule has 0 saturated carbocycles. The molecule has 2 aliphatic rings. The van der Waals surface area contributed by atoms with Gasteiger partial charge in [-0.3, -0.25) is 4.84 Å². The normalized spacial score (nSPS) is 18.7. The van der Waals surface area contributed by atoms with Crippen molar-refractivity contribution in [3.05, 3.63) is 28.7 Å². The van der Waals surface area contributed by atoms with Gasteiger partial charge in [0.1, 0.15) is 5.75 Å². The van der Waals surface area contributed by atoms with E-state index in [1.165, 1.54) is 0 Å². The molecule has 1 spiro atoms. The summed E-state index contributed by atoms with van der Waals surface area (Å²) in [6, 6.07) is 7.72. The Labute approximate surface area is 171 Å². The number of hydroxylamine groups is 2. The molecule has 0 bridgehead atoms. The van der Waals surface area contributed by atoms with Crippen LogP contribution in [-0.4, -0.2) is 49.1 Å². The van der Waals surface area contributed by atoms with Crippen LogP contribution in [0.5, 0.6) is 5.75 Å². The first-order chi connectivity index (χ1) is 12.1. The number of hydrogen-bond acceptors (Lipinski definition) is 8. The number of guanidine groups is 2. The molecule has 1 aromatic rings. The molecule has 2 aliphatic heterocycles. The van der Waals surface area contributed by atoms with Gasteiger partial charge in [0, 0.05) is 19.3 Å². The fourth-order valence-electron chi connectivity index (χ4n) is 2.82. The first-order valence-electron chi connectivity index (χ1n) is 8.18. The summed E-state index contributed by atoms with van der Waals surface area (Å²) in [6.07, 6.45) is 1.99. The number of halogens is 2. The summed E-state index contributed by atoms with van der Waals surface area (Å²) in [5, 5.41) is 1.57. The van der Waals surface area contributed by atoms with Crippen molar-refractivity contribution < 1.29 is 14.3 Å². The zero-order valence-corrected chi connectivity index (χ0v) is 17.6. The SMILES string of the molecule is Br.NC1=NC2(CCOCC2)N(OCCCOc2ccccc2Br)C(N)=N1. The molecular formula is C16H23Br2N5O3. The van der Waals surface area contributed by atoms with Gasteiger partial charge in [-0.15, -0.1) is 17.0 Å². The monoisotopic (exact) mass is 491 g/mol. The Morgan fingerprint density at radius 2 is 1.92 bits per heavy atom. The average Bonchev–Trinajstić information content (AvgIpc) is 2.59. The molecule has 26 heavy (non-hydrogen) atoms. The van der Waals surface area contributed by atoms with Crippen LogP contribution in [0.25, 0.3) is 0 Å². The molecule has 1 fully saturated rings. The molecule has 0 unspecified atom stereocenters. The van der Waals surface area contributed by atoms with E-state index in [2.05, 4.69) is 25.9 Å². The standard InChI is InChI=1S/C16H22BrN5O3.BrH/c17-12-4-1-2-5-13(12)24-8-3-9-25-22-15(19)20-14(18)21-16(22)6-10-23-11-7-16;/h1-2,4-5H,3,6-11H2,(H4,18,19,20,21);1H. The highest BCUT2D eigenvalue weighted by Crippen LogP contribution is 2.32. The Bertz CT molecular complexity index is 665. The number of benzene rings is 1. The number of hydrogen-bond donors (Lipinski definition) is 2. The van der Waals surface area contributed by atoms with Crippen molar-refractivity contribution in [3.8, 4) is 5.75 Å². The molecule has 2 heterocycles. The van der Waals surface area contributed by atoms with E-state index in [0.717, 1.165) is 10.2 Å². The molecule has 4 N–H and O–H groups in total. The topological polar surface area (TPSA) is 108 Å². The van der Waals surface area contributed by atoms with E-state index in [0.29, 0.717) is 45.7 Å². The number of nitrogens with zero attached hydrogens (tertiary/aromatic N) is 3. The lowest BCUT2D eigenvalue weighted by atomic mass is 10.0. The van der Waals surface area contributed by atoms with Crippen molar-refractivity contribution in [3.63, 3.8) is 0 Å². The molecular weight excluding hydrogens is 470 g/mol. The minimum Gasteiger partial charge on any atom is -0.492 e. The molecule has 10 heteroatoms. The summed E-state index contributed by atoms with van der Waals surface area (Å²) < 4.78 is 12.1. The quantitative estimate of drug-likeness (QED) is 0.589. The molecule has 1 aromatic carbocycles. The Morgan fingerprint density at radius 3 is 2.65 bits per heavy atom. The Hall–Kier alpha value is -1.36. The average molecular weight is 493 g/mol.